The number of aromatic nitrogens is 1. The van der Waals surface area contributed by atoms with E-state index >= 15 is 4.39 Å². The van der Waals surface area contributed by atoms with Crippen molar-refractivity contribution in [3.63, 3.8) is 0 Å². The van der Waals surface area contributed by atoms with Crippen molar-refractivity contribution in [1.29, 1.82) is 0 Å². The molecule has 3 aromatic rings. The highest BCUT2D eigenvalue weighted by atomic mass is 19.1. The molecule has 0 spiro atoms. The number of aliphatic hydroxyl groups is 2. The summed E-state index contributed by atoms with van der Waals surface area (Å²) in [5.41, 5.74) is -1.29. The van der Waals surface area contributed by atoms with Crippen LogP contribution in [0.15, 0.2) is 42.6 Å². The van der Waals surface area contributed by atoms with Crippen LogP contribution in [0.4, 0.5) is 19.3 Å². The van der Waals surface area contributed by atoms with Crippen molar-refractivity contribution < 1.29 is 28.6 Å². The van der Waals surface area contributed by atoms with Gasteiger partial charge < -0.3 is 10.2 Å². The highest BCUT2D eigenvalue weighted by Crippen LogP contribution is 2.48. The minimum Gasteiger partial charge on any atom is -0.385 e. The summed E-state index contributed by atoms with van der Waals surface area (Å²) in [6, 6.07) is 9.18. The van der Waals surface area contributed by atoms with Crippen LogP contribution in [-0.2, 0) is 22.5 Å². The molecule has 2 aromatic carbocycles. The number of benzene rings is 2. The lowest BCUT2D eigenvalue weighted by Crippen LogP contribution is -2.55. The van der Waals surface area contributed by atoms with Crippen LogP contribution in [0.3, 0.4) is 0 Å². The van der Waals surface area contributed by atoms with Crippen molar-refractivity contribution in [2.75, 3.05) is 24.5 Å². The molecule has 10 heteroatoms. The fourth-order valence-electron chi connectivity index (χ4n) is 6.57. The number of hydrogen-bond acceptors (Lipinski definition) is 6. The van der Waals surface area contributed by atoms with Gasteiger partial charge in [-0.2, -0.15) is 0 Å². The number of rotatable bonds is 5. The predicted octanol–water partition coefficient (Wildman–Crippen LogP) is 4.45. The van der Waals surface area contributed by atoms with Crippen LogP contribution in [0.1, 0.15) is 62.6 Å². The van der Waals surface area contributed by atoms with Gasteiger partial charge in [-0.3, -0.25) is 24.9 Å². The Morgan fingerprint density at radius 1 is 1.00 bits per heavy atom. The number of hydrogen-bond donors (Lipinski definition) is 3. The molecule has 3 aliphatic rings. The topological polar surface area (TPSA) is 106 Å². The first kappa shape index (κ1) is 27.7. The first-order chi connectivity index (χ1) is 19.4. The lowest BCUT2D eigenvalue weighted by molar-refractivity contribution is -0.128. The number of fused-ring (bicyclic) bond motifs is 1. The summed E-state index contributed by atoms with van der Waals surface area (Å²) in [7, 11) is 0. The molecule has 1 aromatic heterocycles. The molecule has 1 aliphatic carbocycles. The monoisotopic (exact) mass is 564 g/mol. The number of imide groups is 1. The van der Waals surface area contributed by atoms with Gasteiger partial charge in [0.25, 0.3) is 0 Å². The Kier molecular flexibility index (Phi) is 6.63. The average molecular weight is 565 g/mol. The summed E-state index contributed by atoms with van der Waals surface area (Å²) in [5.74, 6) is -1.36. The molecule has 0 radical (unpaired) electrons. The van der Waals surface area contributed by atoms with Gasteiger partial charge in [-0.05, 0) is 49.4 Å². The largest absolute Gasteiger partial charge is 0.385 e. The van der Waals surface area contributed by atoms with Crippen LogP contribution in [0, 0.1) is 17.0 Å². The van der Waals surface area contributed by atoms with Gasteiger partial charge in [0.2, 0.25) is 5.91 Å². The van der Waals surface area contributed by atoms with E-state index in [2.05, 4.69) is 15.2 Å². The van der Waals surface area contributed by atoms with Crippen molar-refractivity contribution in [1.82, 2.24) is 15.2 Å². The molecular formula is C31H34F2N4O4. The van der Waals surface area contributed by atoms with Gasteiger partial charge >= 0.3 is 6.03 Å². The molecule has 0 bridgehead atoms. The zero-order valence-corrected chi connectivity index (χ0v) is 23.2. The molecule has 2 aliphatic heterocycles. The Balaban J connectivity index is 1.24. The average Bonchev–Trinajstić information content (AvgIpc) is 2.90. The number of piperidine rings is 1. The molecule has 3 heterocycles. The molecular weight excluding hydrogens is 530 g/mol. The minimum atomic E-state index is -1.49. The van der Waals surface area contributed by atoms with Gasteiger partial charge in [0, 0.05) is 54.5 Å². The highest BCUT2D eigenvalue weighted by Gasteiger charge is 2.50. The van der Waals surface area contributed by atoms with Crippen LogP contribution in [0.25, 0.3) is 10.9 Å². The minimum absolute atomic E-state index is 0.135. The summed E-state index contributed by atoms with van der Waals surface area (Å²) in [6.45, 7) is 5.31. The first-order valence-corrected chi connectivity index (χ1v) is 14.1. The summed E-state index contributed by atoms with van der Waals surface area (Å²) < 4.78 is 31.0. The second kappa shape index (κ2) is 9.82. The Morgan fingerprint density at radius 2 is 1.76 bits per heavy atom. The number of halogens is 2. The zero-order chi connectivity index (χ0) is 29.2. The summed E-state index contributed by atoms with van der Waals surface area (Å²) >= 11 is 0. The fraction of sp³-hybridized carbons (Fsp3) is 0.452. The summed E-state index contributed by atoms with van der Waals surface area (Å²) in [4.78, 5) is 31.7. The van der Waals surface area contributed by atoms with E-state index in [0.717, 1.165) is 12.0 Å². The number of anilines is 1. The van der Waals surface area contributed by atoms with Crippen LogP contribution < -0.4 is 10.2 Å². The number of likely N-dealkylation sites (tertiary alicyclic amines) is 1. The molecule has 2 saturated heterocycles. The summed E-state index contributed by atoms with van der Waals surface area (Å²) in [6.07, 6.45) is 3.88. The fourth-order valence-corrected chi connectivity index (χ4v) is 6.57. The maximum Gasteiger partial charge on any atom is 0.328 e. The van der Waals surface area contributed by atoms with E-state index < -0.39 is 34.3 Å². The molecule has 3 fully saturated rings. The van der Waals surface area contributed by atoms with Gasteiger partial charge in [0.15, 0.2) is 0 Å². The second-order valence-corrected chi connectivity index (χ2v) is 12.3. The number of amides is 3. The van der Waals surface area contributed by atoms with Crippen LogP contribution in [0.5, 0.6) is 0 Å². The van der Waals surface area contributed by atoms with E-state index in [1.165, 1.54) is 23.2 Å². The maximum absolute atomic E-state index is 16.2. The first-order valence-electron chi connectivity index (χ1n) is 14.1. The normalized spacial score (nSPS) is 24.3. The Bertz CT molecular complexity index is 1560. The van der Waals surface area contributed by atoms with Gasteiger partial charge in [-0.25, -0.2) is 13.6 Å². The van der Waals surface area contributed by atoms with E-state index in [4.69, 9.17) is 0 Å². The second-order valence-electron chi connectivity index (χ2n) is 12.3. The van der Waals surface area contributed by atoms with Crippen LogP contribution in [0.2, 0.25) is 0 Å². The van der Waals surface area contributed by atoms with E-state index in [1.54, 1.807) is 18.2 Å². The predicted molar refractivity (Wildman–Crippen MR) is 149 cm³/mol. The third kappa shape index (κ3) is 4.67. The lowest BCUT2D eigenvalue weighted by atomic mass is 9.66. The molecule has 1 atom stereocenters. The number of carbonyl (C=O) groups is 2. The molecule has 3 N–H and O–H groups in total. The number of pyridine rings is 1. The van der Waals surface area contributed by atoms with Crippen molar-refractivity contribution in [3.05, 3.63) is 70.9 Å². The van der Waals surface area contributed by atoms with Gasteiger partial charge in [-0.15, -0.1) is 0 Å². The van der Waals surface area contributed by atoms with E-state index in [-0.39, 0.29) is 36.2 Å². The van der Waals surface area contributed by atoms with Gasteiger partial charge in [0.05, 0.1) is 28.6 Å². The van der Waals surface area contributed by atoms with Crippen LogP contribution in [-0.4, -0.2) is 51.7 Å². The van der Waals surface area contributed by atoms with Gasteiger partial charge in [0.1, 0.15) is 11.6 Å². The SMILES string of the molecule is CC1(C)CN(Cc2ccc(C3(O)CCC3)c(F)c2)CC[C@]1(O)c1ccc2ncc(N3CCC(=O)NC3=O)cc2c1F. The van der Waals surface area contributed by atoms with E-state index in [1.807, 2.05) is 19.9 Å². The van der Waals surface area contributed by atoms with E-state index in [0.29, 0.717) is 49.2 Å². The number of carbonyl (C=O) groups excluding carboxylic acids is 2. The Labute approximate surface area is 237 Å². The summed E-state index contributed by atoms with van der Waals surface area (Å²) in [5, 5.41) is 25.0. The van der Waals surface area contributed by atoms with E-state index in [9.17, 15) is 24.2 Å². The Morgan fingerprint density at radius 3 is 2.41 bits per heavy atom. The number of urea groups is 1. The van der Waals surface area contributed by atoms with Crippen molar-refractivity contribution in [3.8, 4) is 0 Å². The third-order valence-electron chi connectivity index (χ3n) is 9.25. The smallest absolute Gasteiger partial charge is 0.328 e. The van der Waals surface area contributed by atoms with Gasteiger partial charge in [-0.1, -0.05) is 32.0 Å². The van der Waals surface area contributed by atoms with Crippen molar-refractivity contribution in [2.24, 2.45) is 5.41 Å². The molecule has 41 heavy (non-hydrogen) atoms. The zero-order valence-electron chi connectivity index (χ0n) is 23.2. The quantitative estimate of drug-likeness (QED) is 0.423. The number of nitrogens with zero attached hydrogens (tertiary/aromatic N) is 3. The molecule has 3 amide bonds. The molecule has 0 unspecified atom stereocenters. The molecule has 8 nitrogen and oxygen atoms in total. The molecule has 1 saturated carbocycles. The molecule has 6 rings (SSSR count). The Hall–Kier alpha value is -3.47. The van der Waals surface area contributed by atoms with Crippen molar-refractivity contribution in [2.45, 2.75) is 63.7 Å². The van der Waals surface area contributed by atoms with Crippen LogP contribution >= 0.6 is 0 Å². The highest BCUT2D eigenvalue weighted by molar-refractivity contribution is 6.06. The lowest BCUT2D eigenvalue weighted by Gasteiger charge is -2.50. The molecule has 216 valence electrons. The third-order valence-corrected chi connectivity index (χ3v) is 9.25. The standard InChI is InChI=1S/C31H34F2N4O4/c1-29(2)18-36(17-19-4-5-22(24(32)14-19)30(40)9-3-10-30)13-11-31(29,41)23-6-7-25-21(27(23)33)15-20(16-34-25)37-12-8-26(38)35-28(37)39/h4-7,14-16,40-41H,3,8-13,17-18H2,1-2H3,(H,35,38,39)/t31-/m0/s1. The maximum atomic E-state index is 16.2. The van der Waals surface area contributed by atoms with Crippen molar-refractivity contribution >= 4 is 28.5 Å². The number of nitrogens with one attached hydrogen (secondary N) is 1.